The van der Waals surface area contributed by atoms with Gasteiger partial charge >= 0.3 is 0 Å². The first-order valence-corrected chi connectivity index (χ1v) is 5.20. The van der Waals surface area contributed by atoms with Gasteiger partial charge in [-0.15, -0.1) is 0 Å². The van der Waals surface area contributed by atoms with Crippen LogP contribution in [0.1, 0.15) is 47.0 Å². The summed E-state index contributed by atoms with van der Waals surface area (Å²) in [5.41, 5.74) is 0. The number of hydrogen-bond donors (Lipinski definition) is 1. The Hall–Kier alpha value is -0.860. The second kappa shape index (κ2) is 6.57. The van der Waals surface area contributed by atoms with Gasteiger partial charge in [0.15, 0.2) is 0 Å². The van der Waals surface area contributed by atoms with Crippen LogP contribution < -0.4 is 5.32 Å². The number of Topliss-reactive ketones (excluding diaryl/α,β-unsaturated/α-hetero) is 1. The molecule has 14 heavy (non-hydrogen) atoms. The van der Waals surface area contributed by atoms with Crippen LogP contribution in [0, 0.1) is 5.92 Å². The molecule has 0 aliphatic heterocycles. The second-order valence-electron chi connectivity index (χ2n) is 4.32. The average Bonchev–Trinajstić information content (AvgIpc) is 1.98. The third kappa shape index (κ3) is 7.77. The van der Waals surface area contributed by atoms with Gasteiger partial charge < -0.3 is 5.32 Å². The normalized spacial score (nSPS) is 12.6. The van der Waals surface area contributed by atoms with Crippen LogP contribution in [0.4, 0.5) is 0 Å². The molecule has 0 bridgehead atoms. The lowest BCUT2D eigenvalue weighted by molar-refractivity contribution is -0.127. The summed E-state index contributed by atoms with van der Waals surface area (Å²) >= 11 is 0. The van der Waals surface area contributed by atoms with E-state index in [0.29, 0.717) is 5.92 Å². The molecular weight excluding hydrogens is 178 g/mol. The van der Waals surface area contributed by atoms with Crippen LogP contribution in [0.5, 0.6) is 0 Å². The van der Waals surface area contributed by atoms with Crippen LogP contribution in [0.3, 0.4) is 0 Å². The first kappa shape index (κ1) is 13.1. The molecule has 1 atom stereocenters. The molecule has 0 aliphatic rings. The topological polar surface area (TPSA) is 46.2 Å². The highest BCUT2D eigenvalue weighted by atomic mass is 16.2. The van der Waals surface area contributed by atoms with E-state index in [2.05, 4.69) is 19.2 Å². The fraction of sp³-hybridized carbons (Fsp3) is 0.818. The maximum absolute atomic E-state index is 11.2. The van der Waals surface area contributed by atoms with Gasteiger partial charge in [-0.1, -0.05) is 13.8 Å². The van der Waals surface area contributed by atoms with Crippen molar-refractivity contribution in [2.75, 3.05) is 0 Å². The van der Waals surface area contributed by atoms with Crippen LogP contribution >= 0.6 is 0 Å². The number of nitrogens with one attached hydrogen (secondary N) is 1. The Morgan fingerprint density at radius 2 is 1.71 bits per heavy atom. The molecule has 0 heterocycles. The molecule has 82 valence electrons. The predicted molar refractivity (Wildman–Crippen MR) is 57.0 cm³/mol. The maximum Gasteiger partial charge on any atom is 0.227 e. The van der Waals surface area contributed by atoms with Gasteiger partial charge in [0.1, 0.15) is 5.78 Å². The predicted octanol–water partition coefficient (Wildman–Crippen LogP) is 1.91. The molecule has 1 amide bonds. The van der Waals surface area contributed by atoms with Crippen molar-refractivity contribution in [1.82, 2.24) is 5.32 Å². The van der Waals surface area contributed by atoms with Crippen LogP contribution in [-0.2, 0) is 9.59 Å². The van der Waals surface area contributed by atoms with Gasteiger partial charge in [0.05, 0.1) is 6.42 Å². The van der Waals surface area contributed by atoms with Crippen molar-refractivity contribution in [2.45, 2.75) is 53.0 Å². The Kier molecular flexibility index (Phi) is 6.17. The molecule has 0 saturated heterocycles. The lowest BCUT2D eigenvalue weighted by atomic mass is 10.0. The molecule has 0 radical (unpaired) electrons. The van der Waals surface area contributed by atoms with Crippen LogP contribution in [0.2, 0.25) is 0 Å². The summed E-state index contributed by atoms with van der Waals surface area (Å²) < 4.78 is 0. The first-order chi connectivity index (χ1) is 6.41. The quantitative estimate of drug-likeness (QED) is 0.664. The Bertz CT molecular complexity index is 199. The van der Waals surface area contributed by atoms with Crippen molar-refractivity contribution < 1.29 is 9.59 Å². The molecule has 0 aliphatic carbocycles. The zero-order valence-corrected chi connectivity index (χ0v) is 9.59. The Balaban J connectivity index is 3.65. The van der Waals surface area contributed by atoms with E-state index in [9.17, 15) is 9.59 Å². The fourth-order valence-electron chi connectivity index (χ4n) is 1.21. The van der Waals surface area contributed by atoms with Gasteiger partial charge in [-0.2, -0.15) is 0 Å². The number of rotatable bonds is 6. The highest BCUT2D eigenvalue weighted by Gasteiger charge is 2.09. The second-order valence-corrected chi connectivity index (χ2v) is 4.32. The molecule has 0 fully saturated rings. The van der Waals surface area contributed by atoms with E-state index in [0.717, 1.165) is 12.8 Å². The standard InChI is InChI=1S/C11H21NO2/c1-8(2)5-6-9(3)12-11(14)7-10(4)13/h8-9H,5-7H2,1-4H3,(H,12,14)/t9-/m0/s1. The third-order valence-corrected chi connectivity index (χ3v) is 1.99. The van der Waals surface area contributed by atoms with E-state index in [-0.39, 0.29) is 24.2 Å². The number of ketones is 1. The minimum absolute atomic E-state index is 0.00597. The molecule has 3 nitrogen and oxygen atoms in total. The molecule has 0 unspecified atom stereocenters. The van der Waals surface area contributed by atoms with Crippen LogP contribution in [0.25, 0.3) is 0 Å². The van der Waals surface area contributed by atoms with E-state index in [1.54, 1.807) is 0 Å². The van der Waals surface area contributed by atoms with Crippen molar-refractivity contribution in [3.63, 3.8) is 0 Å². The largest absolute Gasteiger partial charge is 0.353 e. The van der Waals surface area contributed by atoms with Gasteiger partial charge in [-0.3, -0.25) is 9.59 Å². The number of carbonyl (C=O) groups is 2. The van der Waals surface area contributed by atoms with Crippen molar-refractivity contribution in [3.05, 3.63) is 0 Å². The van der Waals surface area contributed by atoms with Crippen LogP contribution in [-0.4, -0.2) is 17.7 Å². The van der Waals surface area contributed by atoms with Gasteiger partial charge in [-0.25, -0.2) is 0 Å². The van der Waals surface area contributed by atoms with E-state index in [1.165, 1.54) is 6.92 Å². The highest BCUT2D eigenvalue weighted by Crippen LogP contribution is 2.06. The third-order valence-electron chi connectivity index (χ3n) is 1.99. The van der Waals surface area contributed by atoms with Crippen molar-refractivity contribution >= 4 is 11.7 Å². The average molecular weight is 199 g/mol. The minimum atomic E-state index is -0.159. The summed E-state index contributed by atoms with van der Waals surface area (Å²) in [5, 5.41) is 2.81. The smallest absolute Gasteiger partial charge is 0.227 e. The van der Waals surface area contributed by atoms with Crippen LogP contribution in [0.15, 0.2) is 0 Å². The van der Waals surface area contributed by atoms with Gasteiger partial charge in [0.2, 0.25) is 5.91 Å². The molecule has 0 rings (SSSR count). The Morgan fingerprint density at radius 3 is 2.14 bits per heavy atom. The van der Waals surface area contributed by atoms with E-state index in [1.807, 2.05) is 6.92 Å². The van der Waals surface area contributed by atoms with Crippen molar-refractivity contribution in [1.29, 1.82) is 0 Å². The SMILES string of the molecule is CC(=O)CC(=O)N[C@@H](C)CCC(C)C. The summed E-state index contributed by atoms with van der Waals surface area (Å²) in [7, 11) is 0. The summed E-state index contributed by atoms with van der Waals surface area (Å²) in [6.45, 7) is 7.72. The molecule has 1 N–H and O–H groups in total. The minimum Gasteiger partial charge on any atom is -0.353 e. The lowest BCUT2D eigenvalue weighted by Crippen LogP contribution is -2.33. The number of hydrogen-bond acceptors (Lipinski definition) is 2. The molecule has 0 aromatic rings. The van der Waals surface area contributed by atoms with Gasteiger partial charge in [0, 0.05) is 6.04 Å². The van der Waals surface area contributed by atoms with Gasteiger partial charge in [0.25, 0.3) is 0 Å². The first-order valence-electron chi connectivity index (χ1n) is 5.20. The Labute approximate surface area is 86.3 Å². The summed E-state index contributed by atoms with van der Waals surface area (Å²) in [6, 6.07) is 0.171. The number of amides is 1. The molecular formula is C11H21NO2. The summed E-state index contributed by atoms with van der Waals surface area (Å²) in [5.74, 6) is 0.412. The van der Waals surface area contributed by atoms with Crippen molar-refractivity contribution in [3.8, 4) is 0 Å². The maximum atomic E-state index is 11.2. The van der Waals surface area contributed by atoms with Crippen molar-refractivity contribution in [2.24, 2.45) is 5.92 Å². The monoisotopic (exact) mass is 199 g/mol. The summed E-state index contributed by atoms with van der Waals surface area (Å²) in [6.07, 6.45) is 2.08. The zero-order valence-electron chi connectivity index (χ0n) is 9.59. The molecule has 0 spiro atoms. The zero-order chi connectivity index (χ0) is 11.1. The molecule has 0 aromatic carbocycles. The summed E-state index contributed by atoms with van der Waals surface area (Å²) in [4.78, 5) is 21.8. The molecule has 3 heteroatoms. The van der Waals surface area contributed by atoms with Gasteiger partial charge in [-0.05, 0) is 32.6 Å². The molecule has 0 aromatic heterocycles. The van der Waals surface area contributed by atoms with E-state index < -0.39 is 0 Å². The fourth-order valence-corrected chi connectivity index (χ4v) is 1.21. The number of carbonyl (C=O) groups excluding carboxylic acids is 2. The highest BCUT2D eigenvalue weighted by molar-refractivity contribution is 5.96. The lowest BCUT2D eigenvalue weighted by Gasteiger charge is -2.14. The van der Waals surface area contributed by atoms with E-state index >= 15 is 0 Å². The molecule has 0 saturated carbocycles. The Morgan fingerprint density at radius 1 is 1.14 bits per heavy atom. The van der Waals surface area contributed by atoms with E-state index in [4.69, 9.17) is 0 Å².